The maximum atomic E-state index is 10.7. The SMILES string of the molecule is O=C(O)/C=C(/CCC(=O)O)C(=O)O.O=C(O)CC1(C(=O)O)CCC(=O)O1.O=C(O)CCC(CC(=O)O)C(=O)O.O=C(O)CCC(O)(CC(=O)O)C(=O)O.O=C(O)CCCCC(=O)O. The van der Waals surface area contributed by atoms with Gasteiger partial charge in [0.1, 0.15) is 0 Å². The van der Waals surface area contributed by atoms with Gasteiger partial charge in [-0.15, -0.1) is 0 Å². The molecule has 0 radical (unpaired) electrons. The Balaban J connectivity index is -0.000000347. The summed E-state index contributed by atoms with van der Waals surface area (Å²) >= 11 is 0. The highest BCUT2D eigenvalue weighted by molar-refractivity contribution is 5.95. The number of ether oxygens (including phenoxy) is 1. The first-order chi connectivity index (χ1) is 28.7. The van der Waals surface area contributed by atoms with Crippen molar-refractivity contribution in [1.82, 2.24) is 0 Å². The van der Waals surface area contributed by atoms with E-state index in [1.54, 1.807) is 0 Å². The van der Waals surface area contributed by atoms with E-state index in [1.165, 1.54) is 0 Å². The molecule has 29 nitrogen and oxygen atoms in total. The van der Waals surface area contributed by atoms with Gasteiger partial charge in [-0.05, 0) is 32.1 Å². The van der Waals surface area contributed by atoms with Crippen LogP contribution in [0.15, 0.2) is 11.6 Å². The molecule has 29 heteroatoms. The molecule has 1 aliphatic heterocycles. The zero-order chi connectivity index (χ0) is 50.3. The number of unbranched alkanes of at least 4 members (excludes halogenated alkanes) is 1. The number of carboxylic acid groups (broad SMARTS) is 13. The Bertz CT molecular complexity index is 1690. The Kier molecular flexibility index (Phi) is 31.6. The number of hydrogen-bond acceptors (Lipinski definition) is 16. The molecule has 0 aromatic carbocycles. The molecule has 1 rings (SSSR count). The van der Waals surface area contributed by atoms with Crippen molar-refractivity contribution in [2.45, 2.75) is 108 Å². The number of aliphatic hydroxyl groups is 1. The number of carboxylic acids is 13. The second-order valence-corrected chi connectivity index (χ2v) is 12.4. The van der Waals surface area contributed by atoms with Crippen LogP contribution in [0, 0.1) is 5.92 Å². The van der Waals surface area contributed by atoms with E-state index in [1.807, 2.05) is 0 Å². The number of esters is 1. The Labute approximate surface area is 352 Å². The first-order valence-electron chi connectivity index (χ1n) is 17.3. The fourth-order valence-corrected chi connectivity index (χ4v) is 4.06. The zero-order valence-corrected chi connectivity index (χ0v) is 32.6. The lowest BCUT2D eigenvalue weighted by Crippen LogP contribution is -2.41. The summed E-state index contributed by atoms with van der Waals surface area (Å²) in [7, 11) is 0. The Morgan fingerprint density at radius 2 is 1.05 bits per heavy atom. The van der Waals surface area contributed by atoms with E-state index in [-0.39, 0.29) is 44.9 Å². The highest BCUT2D eigenvalue weighted by atomic mass is 16.6. The van der Waals surface area contributed by atoms with Crippen LogP contribution in [-0.4, -0.2) is 166 Å². The van der Waals surface area contributed by atoms with Crippen molar-refractivity contribution < 1.29 is 143 Å². The quantitative estimate of drug-likeness (QED) is 0.0310. The van der Waals surface area contributed by atoms with E-state index in [4.69, 9.17) is 66.4 Å². The van der Waals surface area contributed by atoms with Crippen LogP contribution >= 0.6 is 0 Å². The van der Waals surface area contributed by atoms with Gasteiger partial charge >= 0.3 is 83.6 Å². The molecule has 1 aliphatic rings. The van der Waals surface area contributed by atoms with Crippen LogP contribution in [0.5, 0.6) is 0 Å². The normalized spacial score (nSPS) is 14.9. The van der Waals surface area contributed by atoms with Crippen LogP contribution in [-0.2, 0) is 71.9 Å². The number of carbonyl (C=O) groups is 14. The van der Waals surface area contributed by atoms with Crippen molar-refractivity contribution in [3.8, 4) is 0 Å². The molecule has 0 saturated carbocycles. The van der Waals surface area contributed by atoms with Gasteiger partial charge in [-0.2, -0.15) is 0 Å². The summed E-state index contributed by atoms with van der Waals surface area (Å²) in [6.45, 7) is 0. The maximum absolute atomic E-state index is 10.7. The van der Waals surface area contributed by atoms with Crippen LogP contribution in [0.25, 0.3) is 0 Å². The topological polar surface area (TPSA) is 531 Å². The fourth-order valence-electron chi connectivity index (χ4n) is 4.06. The molecule has 0 bridgehead atoms. The fraction of sp³-hybridized carbons (Fsp3) is 0.529. The Morgan fingerprint density at radius 1 is 0.587 bits per heavy atom. The first kappa shape index (κ1) is 61.9. The minimum atomic E-state index is -2.51. The summed E-state index contributed by atoms with van der Waals surface area (Å²) < 4.78 is 4.50. The van der Waals surface area contributed by atoms with Crippen molar-refractivity contribution in [3.05, 3.63) is 11.6 Å². The molecular formula is C34H46O29. The number of carbonyl (C=O) groups excluding carboxylic acids is 1. The second kappa shape index (κ2) is 32.1. The summed E-state index contributed by atoms with van der Waals surface area (Å²) in [5, 5.41) is 117. The summed E-state index contributed by atoms with van der Waals surface area (Å²) in [5.74, 6) is -18.4. The molecule has 0 aromatic heterocycles. The van der Waals surface area contributed by atoms with Gasteiger partial charge in [-0.25, -0.2) is 19.2 Å². The summed E-state index contributed by atoms with van der Waals surface area (Å²) in [4.78, 5) is 143. The van der Waals surface area contributed by atoms with Crippen LogP contribution in [0.4, 0.5) is 0 Å². The van der Waals surface area contributed by atoms with Crippen LogP contribution in [0.1, 0.15) is 96.3 Å². The van der Waals surface area contributed by atoms with Gasteiger partial charge in [0.05, 0.1) is 25.2 Å². The van der Waals surface area contributed by atoms with Gasteiger partial charge in [0.15, 0.2) is 5.60 Å². The molecule has 0 aliphatic carbocycles. The zero-order valence-electron chi connectivity index (χ0n) is 32.6. The van der Waals surface area contributed by atoms with Crippen LogP contribution in [0.3, 0.4) is 0 Å². The van der Waals surface area contributed by atoms with Crippen molar-refractivity contribution in [2.24, 2.45) is 5.92 Å². The monoisotopic (exact) mass is 918 g/mol. The van der Waals surface area contributed by atoms with Gasteiger partial charge < -0.3 is 76.2 Å². The number of aliphatic carboxylic acids is 13. The molecule has 356 valence electrons. The van der Waals surface area contributed by atoms with E-state index in [0.29, 0.717) is 18.9 Å². The lowest BCUT2D eigenvalue weighted by atomic mass is 9.94. The van der Waals surface area contributed by atoms with Crippen molar-refractivity contribution in [2.75, 3.05) is 0 Å². The number of cyclic esters (lactones) is 1. The lowest BCUT2D eigenvalue weighted by molar-refractivity contribution is -0.173. The smallest absolute Gasteiger partial charge is 0.348 e. The van der Waals surface area contributed by atoms with Crippen molar-refractivity contribution in [1.29, 1.82) is 0 Å². The van der Waals surface area contributed by atoms with Crippen molar-refractivity contribution in [3.63, 3.8) is 0 Å². The predicted octanol–water partition coefficient (Wildman–Crippen LogP) is -0.547. The third kappa shape index (κ3) is 35.9. The number of rotatable bonds is 25. The van der Waals surface area contributed by atoms with Gasteiger partial charge in [0.2, 0.25) is 5.60 Å². The van der Waals surface area contributed by atoms with E-state index >= 15 is 0 Å². The third-order valence-electron chi connectivity index (χ3n) is 7.15. The second-order valence-electron chi connectivity index (χ2n) is 12.4. The summed E-state index contributed by atoms with van der Waals surface area (Å²) in [5.41, 5.74) is -4.78. The maximum Gasteiger partial charge on any atom is 0.348 e. The average Bonchev–Trinajstić information content (AvgIpc) is 3.50. The van der Waals surface area contributed by atoms with Gasteiger partial charge in [-0.1, -0.05) is 0 Å². The summed E-state index contributed by atoms with van der Waals surface area (Å²) in [6, 6.07) is 0. The molecule has 1 heterocycles. The molecule has 0 spiro atoms. The molecule has 63 heavy (non-hydrogen) atoms. The standard InChI is InChI=1S/C7H10O7.C7H8O6.C7H10O6.C7H8O6.C6H10O4/c8-4(9)1-2-7(14,6(12)13)3-5(10)11;8-4(9)3-7(6(11)12)2-1-5(10)13-7;2*8-5(9)2-1-4(7(12)13)3-6(10)11;7-5(8)3-1-2-4-6(9)10/h14H,1-3H2,(H,8,9)(H,10,11)(H,12,13);1-3H2,(H,8,9)(H,11,12);4H,1-3H2,(H,8,9)(H,10,11)(H,12,13);3H,1-2H2,(H,8,9)(H,10,11)(H,12,13);1-4H2,(H,7,8)(H,9,10)/b;;;4-3-;. The minimum absolute atomic E-state index is 0.0421. The molecular weight excluding hydrogens is 872 g/mol. The van der Waals surface area contributed by atoms with Crippen molar-refractivity contribution >= 4 is 83.6 Å². The molecule has 3 atom stereocenters. The molecule has 0 amide bonds. The molecule has 3 unspecified atom stereocenters. The molecule has 1 saturated heterocycles. The number of hydrogen-bond donors (Lipinski definition) is 14. The highest BCUT2D eigenvalue weighted by Gasteiger charge is 2.49. The Morgan fingerprint density at radius 3 is 1.33 bits per heavy atom. The van der Waals surface area contributed by atoms with Gasteiger partial charge in [-0.3, -0.25) is 47.9 Å². The third-order valence-corrected chi connectivity index (χ3v) is 7.15. The van der Waals surface area contributed by atoms with Gasteiger partial charge in [0.25, 0.3) is 0 Å². The Hall–Kier alpha value is -7.72. The van der Waals surface area contributed by atoms with Crippen LogP contribution in [0.2, 0.25) is 0 Å². The molecule has 14 N–H and O–H groups in total. The first-order valence-corrected chi connectivity index (χ1v) is 17.3. The average molecular weight is 919 g/mol. The van der Waals surface area contributed by atoms with Crippen LogP contribution < -0.4 is 0 Å². The minimum Gasteiger partial charge on any atom is -0.481 e. The van der Waals surface area contributed by atoms with Gasteiger partial charge in [0, 0.05) is 56.6 Å². The molecule has 1 fully saturated rings. The highest BCUT2D eigenvalue weighted by Crippen LogP contribution is 2.30. The largest absolute Gasteiger partial charge is 0.481 e. The van der Waals surface area contributed by atoms with E-state index < -0.39 is 145 Å². The summed E-state index contributed by atoms with van der Waals surface area (Å²) in [6.07, 6.45) is -3.27. The van der Waals surface area contributed by atoms with E-state index in [9.17, 15) is 72.2 Å². The van der Waals surface area contributed by atoms with E-state index in [0.717, 1.165) is 0 Å². The van der Waals surface area contributed by atoms with E-state index in [2.05, 4.69) is 4.74 Å². The molecule has 0 aromatic rings. The predicted molar refractivity (Wildman–Crippen MR) is 194 cm³/mol. The lowest BCUT2D eigenvalue weighted by Gasteiger charge is -2.19.